The Hall–Kier alpha value is -1.31. The monoisotopic (exact) mass is 405 g/mol. The van der Waals surface area contributed by atoms with Crippen molar-refractivity contribution in [3.8, 4) is 0 Å². The maximum atomic E-state index is 12.5. The van der Waals surface area contributed by atoms with E-state index in [0.717, 1.165) is 12.8 Å². The minimum absolute atomic E-state index is 0.0245. The summed E-state index contributed by atoms with van der Waals surface area (Å²) >= 11 is 11.8. The maximum Gasteiger partial charge on any atom is 0.340 e. The van der Waals surface area contributed by atoms with E-state index in [-0.39, 0.29) is 45.1 Å². The summed E-state index contributed by atoms with van der Waals surface area (Å²) in [5.41, 5.74) is 0.0865. The molecule has 1 heterocycles. The third-order valence-corrected chi connectivity index (χ3v) is 6.90. The predicted molar refractivity (Wildman–Crippen MR) is 93.7 cm³/mol. The van der Waals surface area contributed by atoms with Crippen molar-refractivity contribution in [3.05, 3.63) is 33.8 Å². The lowest BCUT2D eigenvalue weighted by atomic mass is 10.2. The lowest BCUT2D eigenvalue weighted by molar-refractivity contribution is -0.137. The van der Waals surface area contributed by atoms with Crippen molar-refractivity contribution in [3.63, 3.8) is 0 Å². The Balaban J connectivity index is 1.64. The molecule has 0 spiro atoms. The second-order valence-corrected chi connectivity index (χ2v) is 9.28. The van der Waals surface area contributed by atoms with Crippen molar-refractivity contribution in [1.29, 1.82) is 0 Å². The molecule has 1 saturated heterocycles. The van der Waals surface area contributed by atoms with E-state index in [1.807, 2.05) is 0 Å². The number of ether oxygens (including phenoxy) is 1. The van der Waals surface area contributed by atoms with Gasteiger partial charge in [-0.1, -0.05) is 29.3 Å². The normalized spacial score (nSPS) is 21.8. The van der Waals surface area contributed by atoms with Gasteiger partial charge in [0.2, 0.25) is 0 Å². The van der Waals surface area contributed by atoms with Gasteiger partial charge in [0.15, 0.2) is 16.4 Å². The Kier molecular flexibility index (Phi) is 5.27. The molecule has 0 aromatic heterocycles. The number of carbonyl (C=O) groups excluding carboxylic acids is 2. The van der Waals surface area contributed by atoms with Gasteiger partial charge < -0.3 is 9.64 Å². The highest BCUT2D eigenvalue weighted by atomic mass is 35.5. The first-order chi connectivity index (χ1) is 11.8. The first-order valence-electron chi connectivity index (χ1n) is 7.91. The van der Waals surface area contributed by atoms with E-state index in [1.165, 1.54) is 6.07 Å². The number of hydrogen-bond donors (Lipinski definition) is 0. The fourth-order valence-electron chi connectivity index (χ4n) is 2.99. The van der Waals surface area contributed by atoms with Gasteiger partial charge in [0, 0.05) is 12.1 Å². The van der Waals surface area contributed by atoms with E-state index in [9.17, 15) is 18.0 Å². The van der Waals surface area contributed by atoms with E-state index in [1.54, 1.807) is 17.0 Å². The topological polar surface area (TPSA) is 80.8 Å². The van der Waals surface area contributed by atoms with Gasteiger partial charge in [0.05, 0.1) is 27.1 Å². The smallest absolute Gasteiger partial charge is 0.340 e. The summed E-state index contributed by atoms with van der Waals surface area (Å²) < 4.78 is 28.4. The fourth-order valence-corrected chi connectivity index (χ4v) is 5.08. The lowest BCUT2D eigenvalue weighted by Crippen LogP contribution is -2.44. The van der Waals surface area contributed by atoms with E-state index < -0.39 is 22.4 Å². The zero-order valence-corrected chi connectivity index (χ0v) is 15.6. The summed E-state index contributed by atoms with van der Waals surface area (Å²) in [6.45, 7) is -0.450. The standard InChI is InChI=1S/C16H17Cl2NO5S/c17-13-3-1-2-12(15(13)18)16(21)24-8-14(20)19(10-4-5-10)11-6-7-25(22,23)9-11/h1-3,10-11H,4-9H2/t11-/m1/s1. The average Bonchev–Trinajstić information content (AvgIpc) is 3.31. The van der Waals surface area contributed by atoms with Gasteiger partial charge in [0.25, 0.3) is 5.91 Å². The number of hydrogen-bond acceptors (Lipinski definition) is 5. The molecule has 1 atom stereocenters. The van der Waals surface area contributed by atoms with Gasteiger partial charge in [0.1, 0.15) is 0 Å². The molecule has 2 fully saturated rings. The zero-order chi connectivity index (χ0) is 18.2. The maximum absolute atomic E-state index is 12.5. The third kappa shape index (κ3) is 4.27. The Morgan fingerprint density at radius 1 is 1.16 bits per heavy atom. The van der Waals surface area contributed by atoms with Crippen molar-refractivity contribution >= 4 is 44.9 Å². The van der Waals surface area contributed by atoms with Gasteiger partial charge in [-0.3, -0.25) is 4.79 Å². The molecule has 136 valence electrons. The Labute approximate surface area is 155 Å². The zero-order valence-electron chi connectivity index (χ0n) is 13.3. The highest BCUT2D eigenvalue weighted by Crippen LogP contribution is 2.32. The number of amides is 1. The van der Waals surface area contributed by atoms with Crippen molar-refractivity contribution < 1.29 is 22.7 Å². The Morgan fingerprint density at radius 2 is 1.88 bits per heavy atom. The lowest BCUT2D eigenvalue weighted by Gasteiger charge is -2.28. The highest BCUT2D eigenvalue weighted by molar-refractivity contribution is 7.91. The summed E-state index contributed by atoms with van der Waals surface area (Å²) in [4.78, 5) is 26.2. The van der Waals surface area contributed by atoms with E-state index >= 15 is 0 Å². The first-order valence-corrected chi connectivity index (χ1v) is 10.5. The Bertz CT molecular complexity index is 807. The number of halogens is 2. The Morgan fingerprint density at radius 3 is 2.48 bits per heavy atom. The van der Waals surface area contributed by atoms with E-state index in [2.05, 4.69) is 0 Å². The van der Waals surface area contributed by atoms with Crippen LogP contribution in [0, 0.1) is 0 Å². The van der Waals surface area contributed by atoms with Crippen LogP contribution >= 0.6 is 23.2 Å². The van der Waals surface area contributed by atoms with E-state index in [4.69, 9.17) is 27.9 Å². The van der Waals surface area contributed by atoms with Gasteiger partial charge >= 0.3 is 5.97 Å². The quantitative estimate of drug-likeness (QED) is 0.702. The van der Waals surface area contributed by atoms with Crippen molar-refractivity contribution in [2.24, 2.45) is 0 Å². The molecule has 25 heavy (non-hydrogen) atoms. The van der Waals surface area contributed by atoms with Gasteiger partial charge in [-0.15, -0.1) is 0 Å². The largest absolute Gasteiger partial charge is 0.452 e. The molecule has 3 rings (SSSR count). The number of sulfone groups is 1. The van der Waals surface area contributed by atoms with Crippen molar-refractivity contribution in [1.82, 2.24) is 4.90 Å². The number of carbonyl (C=O) groups is 2. The molecule has 6 nitrogen and oxygen atoms in total. The molecule has 0 bridgehead atoms. The second-order valence-electron chi connectivity index (χ2n) is 6.27. The van der Waals surface area contributed by atoms with Crippen molar-refractivity contribution in [2.45, 2.75) is 31.3 Å². The molecule has 1 aliphatic carbocycles. The van der Waals surface area contributed by atoms with Crippen molar-refractivity contribution in [2.75, 3.05) is 18.1 Å². The van der Waals surface area contributed by atoms with Gasteiger partial charge in [-0.25, -0.2) is 13.2 Å². The van der Waals surface area contributed by atoms with Crippen LogP contribution in [0.5, 0.6) is 0 Å². The molecule has 1 aliphatic heterocycles. The van der Waals surface area contributed by atoms with Crippen LogP contribution in [0.3, 0.4) is 0 Å². The molecular formula is C16H17Cl2NO5S. The summed E-state index contributed by atoms with van der Waals surface area (Å²) in [6, 6.07) is 4.27. The van der Waals surface area contributed by atoms with Crippen LogP contribution in [0.1, 0.15) is 29.6 Å². The first kappa shape index (κ1) is 18.5. The summed E-state index contributed by atoms with van der Waals surface area (Å²) in [5, 5.41) is 0.292. The molecule has 1 amide bonds. The molecule has 9 heteroatoms. The minimum Gasteiger partial charge on any atom is -0.452 e. The highest BCUT2D eigenvalue weighted by Gasteiger charge is 2.42. The van der Waals surface area contributed by atoms with Crippen LogP contribution in [-0.4, -0.2) is 55.4 Å². The van der Waals surface area contributed by atoms with Crippen LogP contribution in [0.25, 0.3) is 0 Å². The molecule has 1 saturated carbocycles. The molecule has 1 aromatic carbocycles. The molecule has 1 aromatic rings. The molecule has 0 unspecified atom stereocenters. The molecule has 2 aliphatic rings. The van der Waals surface area contributed by atoms with Gasteiger partial charge in [-0.05, 0) is 31.4 Å². The number of rotatable bonds is 5. The van der Waals surface area contributed by atoms with Crippen LogP contribution in [0.2, 0.25) is 10.0 Å². The molecule has 0 radical (unpaired) electrons. The van der Waals surface area contributed by atoms with Gasteiger partial charge in [-0.2, -0.15) is 0 Å². The fraction of sp³-hybridized carbons (Fsp3) is 0.500. The second kappa shape index (κ2) is 7.13. The van der Waals surface area contributed by atoms with Crippen LogP contribution in [0.15, 0.2) is 18.2 Å². The SMILES string of the molecule is O=C(OCC(=O)N(C1CC1)[C@@H]1CCS(=O)(=O)C1)c1cccc(Cl)c1Cl. The average molecular weight is 406 g/mol. The number of nitrogens with zero attached hydrogens (tertiary/aromatic N) is 1. The third-order valence-electron chi connectivity index (χ3n) is 4.33. The number of esters is 1. The van der Waals surface area contributed by atoms with E-state index in [0.29, 0.717) is 6.42 Å². The number of benzene rings is 1. The van der Waals surface area contributed by atoms with Crippen LogP contribution < -0.4 is 0 Å². The van der Waals surface area contributed by atoms with Crippen LogP contribution in [0.4, 0.5) is 0 Å². The minimum atomic E-state index is -3.10. The summed E-state index contributed by atoms with van der Waals surface area (Å²) in [7, 11) is -3.10. The van der Waals surface area contributed by atoms with Crippen LogP contribution in [-0.2, 0) is 19.4 Å². The molecule has 0 N–H and O–H groups in total. The summed E-state index contributed by atoms with van der Waals surface area (Å²) in [5.74, 6) is -1.05. The predicted octanol–water partition coefficient (Wildman–Crippen LogP) is 2.33. The summed E-state index contributed by atoms with van der Waals surface area (Å²) in [6.07, 6.45) is 2.12. The molecular weight excluding hydrogens is 389 g/mol.